The van der Waals surface area contributed by atoms with Crippen molar-refractivity contribution in [1.29, 1.82) is 0 Å². The lowest BCUT2D eigenvalue weighted by Crippen LogP contribution is -2.23. The van der Waals surface area contributed by atoms with E-state index in [2.05, 4.69) is 36.0 Å². The fourth-order valence-electron chi connectivity index (χ4n) is 2.83. The average molecular weight is 428 g/mol. The number of benzene rings is 1. The van der Waals surface area contributed by atoms with Crippen molar-refractivity contribution in [2.45, 2.75) is 6.92 Å². The number of carbonyl (C=O) groups excluding carboxylic acids is 1. The number of amides is 1. The quantitative estimate of drug-likeness (QED) is 0.428. The van der Waals surface area contributed by atoms with Crippen molar-refractivity contribution in [2.24, 2.45) is 7.05 Å². The summed E-state index contributed by atoms with van der Waals surface area (Å²) >= 11 is 0. The van der Waals surface area contributed by atoms with Crippen LogP contribution in [0.5, 0.6) is 0 Å². The van der Waals surface area contributed by atoms with Gasteiger partial charge >= 0.3 is 0 Å². The molecule has 10 heteroatoms. The predicted octanol–water partition coefficient (Wildman–Crippen LogP) is 3.01. The largest absolute Gasteiger partial charge is 0.340 e. The Bertz CT molecular complexity index is 1320. The molecule has 0 aliphatic carbocycles. The Morgan fingerprint density at radius 2 is 1.53 bits per heavy atom. The molecule has 160 valence electrons. The number of aryl methyl sites for hydroxylation is 2. The van der Waals surface area contributed by atoms with Crippen LogP contribution in [-0.2, 0) is 7.05 Å². The summed E-state index contributed by atoms with van der Waals surface area (Å²) in [5, 5.41) is 13.0. The maximum Gasteiger partial charge on any atom is 0.276 e. The number of nitrogens with zero attached hydrogens (tertiary/aromatic N) is 5. The highest BCUT2D eigenvalue weighted by molar-refractivity contribution is 6.02. The molecule has 0 bridgehead atoms. The van der Waals surface area contributed by atoms with Gasteiger partial charge in [0.2, 0.25) is 0 Å². The molecule has 4 rings (SSSR count). The lowest BCUT2D eigenvalue weighted by Gasteiger charge is -2.10. The van der Waals surface area contributed by atoms with Gasteiger partial charge in [-0.15, -0.1) is 0 Å². The fraction of sp³-hybridized carbons (Fsp3) is 0.0909. The molecule has 3 aromatic heterocycles. The van der Waals surface area contributed by atoms with Crippen LogP contribution in [0.1, 0.15) is 16.1 Å². The minimum Gasteiger partial charge on any atom is -0.340 e. The predicted molar refractivity (Wildman–Crippen MR) is 121 cm³/mol. The molecular formula is C22H20N8O2. The summed E-state index contributed by atoms with van der Waals surface area (Å²) in [7, 11) is 1.49. The number of hydrogen-bond donors (Lipinski definition) is 3. The van der Waals surface area contributed by atoms with E-state index >= 15 is 0 Å². The van der Waals surface area contributed by atoms with Gasteiger partial charge in [-0.1, -0.05) is 0 Å². The molecule has 3 heterocycles. The van der Waals surface area contributed by atoms with Gasteiger partial charge in [-0.3, -0.25) is 9.59 Å². The molecule has 0 spiro atoms. The first kappa shape index (κ1) is 20.7. The number of anilines is 5. The molecular weight excluding hydrogens is 408 g/mol. The van der Waals surface area contributed by atoms with E-state index in [4.69, 9.17) is 0 Å². The van der Waals surface area contributed by atoms with Crippen LogP contribution < -0.4 is 21.5 Å². The van der Waals surface area contributed by atoms with Crippen LogP contribution >= 0.6 is 0 Å². The summed E-state index contributed by atoms with van der Waals surface area (Å²) in [4.78, 5) is 36.5. The van der Waals surface area contributed by atoms with Gasteiger partial charge in [0.25, 0.3) is 11.5 Å². The van der Waals surface area contributed by atoms with Crippen molar-refractivity contribution in [3.63, 3.8) is 0 Å². The number of aromatic nitrogens is 5. The highest BCUT2D eigenvalue weighted by atomic mass is 16.2. The summed E-state index contributed by atoms with van der Waals surface area (Å²) in [5.41, 5.74) is 2.33. The van der Waals surface area contributed by atoms with Crippen molar-refractivity contribution in [2.75, 3.05) is 16.0 Å². The lowest BCUT2D eigenvalue weighted by atomic mass is 10.2. The highest BCUT2D eigenvalue weighted by Crippen LogP contribution is 2.20. The SMILES string of the molecule is Cc1ccnc(Nc2cc(Nc3ccc(NC(=O)c4ccc(=O)n(C)n4)cc3)ncn2)c1. The van der Waals surface area contributed by atoms with Crippen LogP contribution in [0, 0.1) is 6.92 Å². The van der Waals surface area contributed by atoms with Crippen LogP contribution in [0.25, 0.3) is 0 Å². The zero-order chi connectivity index (χ0) is 22.5. The third kappa shape index (κ3) is 5.11. The lowest BCUT2D eigenvalue weighted by molar-refractivity contribution is 0.102. The molecule has 0 saturated carbocycles. The molecule has 0 aliphatic heterocycles. The van der Waals surface area contributed by atoms with Crippen molar-refractivity contribution in [3.8, 4) is 0 Å². The standard InChI is InChI=1S/C22H20N8O2/c1-14-9-10-23-18(11-14)28-20-12-19(24-13-25-20)26-15-3-5-16(6-4-15)27-22(32)17-7-8-21(31)30(2)29-17/h3-13H,1-2H3,(H,27,32)(H2,23,24,25,26,28). The van der Waals surface area contributed by atoms with Crippen molar-refractivity contribution < 1.29 is 4.79 Å². The number of rotatable bonds is 6. The molecule has 0 radical (unpaired) electrons. The second-order valence-electron chi connectivity index (χ2n) is 6.97. The Labute approximate surface area is 183 Å². The number of carbonyl (C=O) groups is 1. The number of nitrogens with one attached hydrogen (secondary N) is 3. The first-order valence-corrected chi connectivity index (χ1v) is 9.71. The first-order chi connectivity index (χ1) is 15.5. The van der Waals surface area contributed by atoms with Gasteiger partial charge in [-0.2, -0.15) is 5.10 Å². The second kappa shape index (κ2) is 9.04. The van der Waals surface area contributed by atoms with Crippen molar-refractivity contribution in [3.05, 3.63) is 88.7 Å². The van der Waals surface area contributed by atoms with E-state index in [1.165, 1.54) is 25.5 Å². The van der Waals surface area contributed by atoms with Crippen molar-refractivity contribution in [1.82, 2.24) is 24.7 Å². The molecule has 1 aromatic carbocycles. The van der Waals surface area contributed by atoms with Gasteiger partial charge < -0.3 is 16.0 Å². The molecule has 0 fully saturated rings. The first-order valence-electron chi connectivity index (χ1n) is 9.71. The molecule has 0 aliphatic rings. The third-order valence-electron chi connectivity index (χ3n) is 4.45. The highest BCUT2D eigenvalue weighted by Gasteiger charge is 2.09. The Kier molecular flexibility index (Phi) is 5.84. The van der Waals surface area contributed by atoms with Crippen LogP contribution in [-0.4, -0.2) is 30.6 Å². The molecule has 0 saturated heterocycles. The fourth-order valence-corrected chi connectivity index (χ4v) is 2.83. The van der Waals surface area contributed by atoms with Gasteiger partial charge in [0.15, 0.2) is 0 Å². The Balaban J connectivity index is 1.40. The minimum absolute atomic E-state index is 0.151. The second-order valence-corrected chi connectivity index (χ2v) is 6.97. The molecule has 4 aromatic rings. The van der Waals surface area contributed by atoms with Gasteiger partial charge in [-0.05, 0) is 55.0 Å². The molecule has 3 N–H and O–H groups in total. The Morgan fingerprint density at radius 1 is 0.844 bits per heavy atom. The van der Waals surface area contributed by atoms with Gasteiger partial charge in [-0.25, -0.2) is 19.6 Å². The minimum atomic E-state index is -0.405. The maximum absolute atomic E-state index is 12.3. The Hall–Kier alpha value is -4.60. The van der Waals surface area contributed by atoms with E-state index in [9.17, 15) is 9.59 Å². The van der Waals surface area contributed by atoms with Gasteiger partial charge in [0.1, 0.15) is 29.5 Å². The van der Waals surface area contributed by atoms with E-state index in [1.807, 2.05) is 19.1 Å². The summed E-state index contributed by atoms with van der Waals surface area (Å²) in [6, 6.07) is 15.4. The van der Waals surface area contributed by atoms with Gasteiger partial charge in [0.05, 0.1) is 0 Å². The summed E-state index contributed by atoms with van der Waals surface area (Å²) in [6.07, 6.45) is 3.18. The Morgan fingerprint density at radius 3 is 2.25 bits per heavy atom. The smallest absolute Gasteiger partial charge is 0.276 e. The van der Waals surface area contributed by atoms with E-state index in [1.54, 1.807) is 36.5 Å². The molecule has 32 heavy (non-hydrogen) atoms. The van der Waals surface area contributed by atoms with E-state index in [0.717, 1.165) is 15.9 Å². The maximum atomic E-state index is 12.3. The van der Waals surface area contributed by atoms with Crippen LogP contribution in [0.15, 0.2) is 71.9 Å². The third-order valence-corrected chi connectivity index (χ3v) is 4.45. The molecule has 1 amide bonds. The molecule has 0 atom stereocenters. The summed E-state index contributed by atoms with van der Waals surface area (Å²) in [6.45, 7) is 1.99. The average Bonchev–Trinajstić information content (AvgIpc) is 2.77. The van der Waals surface area contributed by atoms with Crippen molar-refractivity contribution >= 4 is 34.7 Å². The number of hydrogen-bond acceptors (Lipinski definition) is 8. The van der Waals surface area contributed by atoms with Crippen LogP contribution in [0.2, 0.25) is 0 Å². The van der Waals surface area contributed by atoms with E-state index in [-0.39, 0.29) is 11.3 Å². The molecule has 10 nitrogen and oxygen atoms in total. The van der Waals surface area contributed by atoms with Gasteiger partial charge in [0, 0.05) is 36.8 Å². The van der Waals surface area contributed by atoms with E-state index in [0.29, 0.717) is 23.1 Å². The zero-order valence-electron chi connectivity index (χ0n) is 17.4. The van der Waals surface area contributed by atoms with Crippen LogP contribution in [0.4, 0.5) is 28.8 Å². The molecule has 0 unspecified atom stereocenters. The summed E-state index contributed by atoms with van der Waals surface area (Å²) in [5.74, 6) is 1.50. The normalized spacial score (nSPS) is 10.4. The number of pyridine rings is 1. The summed E-state index contributed by atoms with van der Waals surface area (Å²) < 4.78 is 1.11. The zero-order valence-corrected chi connectivity index (χ0v) is 17.4. The van der Waals surface area contributed by atoms with E-state index < -0.39 is 5.91 Å². The topological polar surface area (TPSA) is 127 Å². The monoisotopic (exact) mass is 428 g/mol. The van der Waals surface area contributed by atoms with Crippen LogP contribution in [0.3, 0.4) is 0 Å².